The second-order valence-electron chi connectivity index (χ2n) is 9.70. The number of methoxy groups -OCH3 is 1. The fraction of sp³-hybridized carbons (Fsp3) is 0.583. The molecule has 2 N–H and O–H groups in total. The zero-order valence-corrected chi connectivity index (χ0v) is 18.8. The van der Waals surface area contributed by atoms with Crippen LogP contribution < -0.4 is 10.1 Å². The van der Waals surface area contributed by atoms with E-state index in [1.54, 1.807) is 13.3 Å². The standard InChI is InChI=1S/C24H33N3O4/c1-24(2,3)31-23(29)26-15-11-16-5-6-17(12-15)27(16)14-22(28)19-9-10-25-21-8-7-18(30-4)13-20(19)21/h7-10,13,15-17,22,28H,5-6,11-12,14H2,1-4H3,(H,26,29). The number of pyridine rings is 1. The Balaban J connectivity index is 1.43. The number of piperidine rings is 1. The number of fused-ring (bicyclic) bond motifs is 3. The van der Waals surface area contributed by atoms with Gasteiger partial charge in [0.25, 0.3) is 0 Å². The molecule has 0 saturated carbocycles. The number of rotatable bonds is 5. The van der Waals surface area contributed by atoms with E-state index in [1.807, 2.05) is 45.0 Å². The molecule has 168 valence electrons. The lowest BCUT2D eigenvalue weighted by Crippen LogP contribution is -2.51. The number of aliphatic hydroxyl groups is 1. The van der Waals surface area contributed by atoms with Crippen LogP contribution in [0.3, 0.4) is 0 Å². The first-order valence-electron chi connectivity index (χ1n) is 11.1. The Labute approximate surface area is 183 Å². The summed E-state index contributed by atoms with van der Waals surface area (Å²) < 4.78 is 10.8. The quantitative estimate of drug-likeness (QED) is 0.755. The molecule has 3 atom stereocenters. The number of nitrogens with one attached hydrogen (secondary N) is 1. The van der Waals surface area contributed by atoms with Gasteiger partial charge >= 0.3 is 6.09 Å². The van der Waals surface area contributed by atoms with Gasteiger partial charge in [0.15, 0.2) is 0 Å². The molecular formula is C24H33N3O4. The molecule has 3 unspecified atom stereocenters. The van der Waals surface area contributed by atoms with Gasteiger partial charge in [-0.3, -0.25) is 9.88 Å². The largest absolute Gasteiger partial charge is 0.497 e. The van der Waals surface area contributed by atoms with Crippen LogP contribution in [-0.2, 0) is 4.74 Å². The SMILES string of the molecule is COc1ccc2nccc(C(O)CN3C4CCC3CC(NC(=O)OC(C)(C)C)C4)c2c1. The lowest BCUT2D eigenvalue weighted by Gasteiger charge is -2.40. The molecule has 7 heteroatoms. The Morgan fingerprint density at radius 1 is 1.26 bits per heavy atom. The molecule has 2 aliphatic heterocycles. The molecule has 0 radical (unpaired) electrons. The zero-order valence-electron chi connectivity index (χ0n) is 18.8. The van der Waals surface area contributed by atoms with Crippen LogP contribution in [0.4, 0.5) is 4.79 Å². The zero-order chi connectivity index (χ0) is 22.2. The molecular weight excluding hydrogens is 394 g/mol. The van der Waals surface area contributed by atoms with Gasteiger partial charge in [-0.05, 0) is 76.3 Å². The fourth-order valence-electron chi connectivity index (χ4n) is 5.03. The van der Waals surface area contributed by atoms with Crippen LogP contribution in [0.15, 0.2) is 30.5 Å². The molecule has 0 spiro atoms. The predicted molar refractivity (Wildman–Crippen MR) is 119 cm³/mol. The van der Waals surface area contributed by atoms with Crippen molar-refractivity contribution >= 4 is 17.0 Å². The van der Waals surface area contributed by atoms with E-state index < -0.39 is 11.7 Å². The van der Waals surface area contributed by atoms with E-state index in [1.165, 1.54) is 0 Å². The Kier molecular flexibility index (Phi) is 6.08. The van der Waals surface area contributed by atoms with Crippen LogP contribution >= 0.6 is 0 Å². The van der Waals surface area contributed by atoms with Crippen LogP contribution in [0.25, 0.3) is 10.9 Å². The van der Waals surface area contributed by atoms with E-state index in [4.69, 9.17) is 9.47 Å². The van der Waals surface area contributed by atoms with Crippen molar-refractivity contribution in [2.75, 3.05) is 13.7 Å². The number of hydrogen-bond acceptors (Lipinski definition) is 6. The monoisotopic (exact) mass is 427 g/mol. The highest BCUT2D eigenvalue weighted by Crippen LogP contribution is 2.38. The highest BCUT2D eigenvalue weighted by Gasteiger charge is 2.42. The molecule has 1 amide bonds. The summed E-state index contributed by atoms with van der Waals surface area (Å²) in [6.45, 7) is 6.20. The number of hydrogen-bond donors (Lipinski definition) is 2. The van der Waals surface area contributed by atoms with Crippen molar-refractivity contribution in [2.45, 2.75) is 76.3 Å². The summed E-state index contributed by atoms with van der Waals surface area (Å²) in [7, 11) is 1.64. The fourth-order valence-corrected chi connectivity index (χ4v) is 5.03. The Morgan fingerprint density at radius 3 is 2.61 bits per heavy atom. The van der Waals surface area contributed by atoms with Gasteiger partial charge < -0.3 is 19.9 Å². The van der Waals surface area contributed by atoms with Crippen LogP contribution in [-0.4, -0.2) is 58.5 Å². The number of alkyl carbamates (subject to hydrolysis) is 1. The number of aliphatic hydroxyl groups excluding tert-OH is 1. The topological polar surface area (TPSA) is 83.9 Å². The first kappa shape index (κ1) is 21.8. The highest BCUT2D eigenvalue weighted by atomic mass is 16.6. The molecule has 2 bridgehead atoms. The number of aromatic nitrogens is 1. The van der Waals surface area contributed by atoms with Crippen molar-refractivity contribution in [1.29, 1.82) is 0 Å². The molecule has 31 heavy (non-hydrogen) atoms. The second kappa shape index (κ2) is 8.63. The van der Waals surface area contributed by atoms with Crippen molar-refractivity contribution in [1.82, 2.24) is 15.2 Å². The average molecular weight is 428 g/mol. The summed E-state index contributed by atoms with van der Waals surface area (Å²) in [5, 5.41) is 15.1. The van der Waals surface area contributed by atoms with E-state index in [2.05, 4.69) is 15.2 Å². The van der Waals surface area contributed by atoms with Gasteiger partial charge in [0.2, 0.25) is 0 Å². The lowest BCUT2D eigenvalue weighted by atomic mass is 9.95. The van der Waals surface area contributed by atoms with Crippen molar-refractivity contribution in [3.05, 3.63) is 36.0 Å². The Hall–Kier alpha value is -2.38. The summed E-state index contributed by atoms with van der Waals surface area (Å²) in [4.78, 5) is 19.0. The van der Waals surface area contributed by atoms with Gasteiger partial charge in [0.05, 0.1) is 18.7 Å². The number of carbonyl (C=O) groups is 1. The molecule has 2 saturated heterocycles. The Bertz CT molecular complexity index is 928. The van der Waals surface area contributed by atoms with Gasteiger partial charge in [0.1, 0.15) is 11.4 Å². The van der Waals surface area contributed by atoms with Crippen molar-refractivity contribution < 1.29 is 19.4 Å². The maximum Gasteiger partial charge on any atom is 0.407 e. The number of benzene rings is 1. The van der Waals surface area contributed by atoms with E-state index in [0.29, 0.717) is 18.6 Å². The molecule has 7 nitrogen and oxygen atoms in total. The third-order valence-electron chi connectivity index (χ3n) is 6.33. The summed E-state index contributed by atoms with van der Waals surface area (Å²) in [5.74, 6) is 0.753. The number of nitrogens with zero attached hydrogens (tertiary/aromatic N) is 2. The summed E-state index contributed by atoms with van der Waals surface area (Å²) in [6, 6.07) is 8.46. The first-order valence-corrected chi connectivity index (χ1v) is 11.1. The number of carbonyl (C=O) groups excluding carboxylic acids is 1. The second-order valence-corrected chi connectivity index (χ2v) is 9.70. The van der Waals surface area contributed by atoms with Gasteiger partial charge in [-0.15, -0.1) is 0 Å². The third-order valence-corrected chi connectivity index (χ3v) is 6.33. The van der Waals surface area contributed by atoms with Gasteiger partial charge in [-0.1, -0.05) is 0 Å². The Morgan fingerprint density at radius 2 is 1.97 bits per heavy atom. The summed E-state index contributed by atoms with van der Waals surface area (Å²) in [6.07, 6.45) is 4.74. The third kappa shape index (κ3) is 4.93. The predicted octanol–water partition coefficient (Wildman–Crippen LogP) is 3.80. The maximum atomic E-state index is 12.2. The van der Waals surface area contributed by atoms with Crippen LogP contribution in [0, 0.1) is 0 Å². The average Bonchev–Trinajstić information content (AvgIpc) is 2.93. The van der Waals surface area contributed by atoms with Crippen molar-refractivity contribution in [2.24, 2.45) is 0 Å². The molecule has 1 aromatic carbocycles. The lowest BCUT2D eigenvalue weighted by molar-refractivity contribution is 0.0348. The van der Waals surface area contributed by atoms with Crippen LogP contribution in [0.2, 0.25) is 0 Å². The molecule has 0 aliphatic carbocycles. The van der Waals surface area contributed by atoms with E-state index in [0.717, 1.165) is 47.9 Å². The highest BCUT2D eigenvalue weighted by molar-refractivity contribution is 5.83. The number of amides is 1. The minimum atomic E-state index is -0.615. The van der Waals surface area contributed by atoms with E-state index >= 15 is 0 Å². The molecule has 4 rings (SSSR count). The van der Waals surface area contributed by atoms with Gasteiger partial charge in [0, 0.05) is 36.3 Å². The summed E-state index contributed by atoms with van der Waals surface area (Å²) >= 11 is 0. The van der Waals surface area contributed by atoms with Gasteiger partial charge in [-0.25, -0.2) is 4.79 Å². The van der Waals surface area contributed by atoms with E-state index in [-0.39, 0.29) is 12.1 Å². The summed E-state index contributed by atoms with van der Waals surface area (Å²) in [5.41, 5.74) is 1.22. The first-order chi connectivity index (χ1) is 14.7. The number of ether oxygens (including phenoxy) is 2. The molecule has 1 aromatic heterocycles. The molecule has 3 heterocycles. The minimum absolute atomic E-state index is 0.117. The van der Waals surface area contributed by atoms with Crippen molar-refractivity contribution in [3.63, 3.8) is 0 Å². The van der Waals surface area contributed by atoms with Gasteiger partial charge in [-0.2, -0.15) is 0 Å². The van der Waals surface area contributed by atoms with Crippen LogP contribution in [0.1, 0.15) is 58.1 Å². The maximum absolute atomic E-state index is 12.2. The smallest absolute Gasteiger partial charge is 0.407 e. The van der Waals surface area contributed by atoms with Crippen LogP contribution in [0.5, 0.6) is 5.75 Å². The molecule has 2 fully saturated rings. The normalized spacial score (nSPS) is 24.7. The van der Waals surface area contributed by atoms with Crippen molar-refractivity contribution in [3.8, 4) is 5.75 Å². The molecule has 2 aromatic rings. The molecule has 2 aliphatic rings. The minimum Gasteiger partial charge on any atom is -0.497 e. The van der Waals surface area contributed by atoms with E-state index in [9.17, 15) is 9.90 Å².